The minimum absolute atomic E-state index is 0.445. The lowest BCUT2D eigenvalue weighted by molar-refractivity contribution is -0.144. The number of rotatable bonds is 5. The maximum atomic E-state index is 11.9. The molecular formula is C13H14ClNO4. The van der Waals surface area contributed by atoms with Crippen molar-refractivity contribution in [3.05, 3.63) is 29.3 Å². The number of amides is 1. The number of carbonyl (C=O) groups is 2. The topological polar surface area (TPSA) is 75.6 Å². The van der Waals surface area contributed by atoms with Crippen molar-refractivity contribution in [2.75, 3.05) is 0 Å². The van der Waals surface area contributed by atoms with Crippen LogP contribution in [-0.2, 0) is 9.59 Å². The second-order valence-electron chi connectivity index (χ2n) is 4.59. The zero-order valence-electron chi connectivity index (χ0n) is 10.4. The maximum absolute atomic E-state index is 11.9. The monoisotopic (exact) mass is 283 g/mol. The third kappa shape index (κ3) is 3.17. The van der Waals surface area contributed by atoms with E-state index < -0.39 is 23.5 Å². The molecule has 1 aromatic carbocycles. The Labute approximate surface area is 115 Å². The van der Waals surface area contributed by atoms with Crippen molar-refractivity contribution in [1.82, 2.24) is 5.32 Å². The van der Waals surface area contributed by atoms with Gasteiger partial charge < -0.3 is 15.2 Å². The molecule has 0 heterocycles. The molecule has 2 rings (SSSR count). The van der Waals surface area contributed by atoms with Gasteiger partial charge in [0.05, 0.1) is 0 Å². The highest BCUT2D eigenvalue weighted by Gasteiger charge is 2.52. The zero-order chi connectivity index (χ0) is 14.0. The highest BCUT2D eigenvalue weighted by molar-refractivity contribution is 6.30. The van der Waals surface area contributed by atoms with Crippen LogP contribution in [0, 0.1) is 0 Å². The van der Waals surface area contributed by atoms with E-state index in [1.807, 2.05) is 0 Å². The van der Waals surface area contributed by atoms with Crippen LogP contribution in [0.5, 0.6) is 5.75 Å². The molecule has 5 nitrogen and oxygen atoms in total. The fourth-order valence-electron chi connectivity index (χ4n) is 1.65. The van der Waals surface area contributed by atoms with Gasteiger partial charge in [0.1, 0.15) is 11.3 Å². The van der Waals surface area contributed by atoms with E-state index in [0.29, 0.717) is 23.6 Å². The molecule has 1 aliphatic carbocycles. The predicted octanol–water partition coefficient (Wildman–Crippen LogP) is 1.84. The molecule has 1 amide bonds. The molecule has 1 fully saturated rings. The Morgan fingerprint density at radius 3 is 2.68 bits per heavy atom. The number of carbonyl (C=O) groups excluding carboxylic acids is 1. The van der Waals surface area contributed by atoms with Crippen molar-refractivity contribution in [2.45, 2.75) is 31.4 Å². The van der Waals surface area contributed by atoms with E-state index >= 15 is 0 Å². The summed E-state index contributed by atoms with van der Waals surface area (Å²) in [5.74, 6) is -0.981. The SMILES string of the molecule is CC(Oc1cccc(Cl)c1)C(=O)NC1(C(=O)O)CC1. The third-order valence-corrected chi connectivity index (χ3v) is 3.24. The third-order valence-electron chi connectivity index (χ3n) is 3.00. The van der Waals surface area contributed by atoms with Gasteiger partial charge in [-0.1, -0.05) is 17.7 Å². The summed E-state index contributed by atoms with van der Waals surface area (Å²) < 4.78 is 5.42. The molecule has 1 atom stereocenters. The Balaban J connectivity index is 1.95. The van der Waals surface area contributed by atoms with E-state index in [1.165, 1.54) is 0 Å². The number of aliphatic carboxylic acids is 1. The molecule has 1 aromatic rings. The van der Waals surface area contributed by atoms with Crippen LogP contribution < -0.4 is 10.1 Å². The molecule has 19 heavy (non-hydrogen) atoms. The molecule has 0 bridgehead atoms. The maximum Gasteiger partial charge on any atom is 0.329 e. The first-order valence-corrected chi connectivity index (χ1v) is 6.28. The van der Waals surface area contributed by atoms with E-state index in [0.717, 1.165) is 0 Å². The molecule has 1 unspecified atom stereocenters. The fourth-order valence-corrected chi connectivity index (χ4v) is 1.83. The first-order chi connectivity index (χ1) is 8.93. The normalized spacial score (nSPS) is 17.4. The van der Waals surface area contributed by atoms with Gasteiger partial charge in [-0.15, -0.1) is 0 Å². The van der Waals surface area contributed by atoms with Gasteiger partial charge in [0.15, 0.2) is 6.10 Å². The van der Waals surface area contributed by atoms with E-state index in [4.69, 9.17) is 21.4 Å². The molecule has 2 N–H and O–H groups in total. The van der Waals surface area contributed by atoms with Gasteiger partial charge in [0.2, 0.25) is 0 Å². The summed E-state index contributed by atoms with van der Waals surface area (Å²) in [5.41, 5.74) is -1.09. The summed E-state index contributed by atoms with van der Waals surface area (Å²) in [6.07, 6.45) is 0.130. The van der Waals surface area contributed by atoms with Crippen molar-refractivity contribution in [1.29, 1.82) is 0 Å². The van der Waals surface area contributed by atoms with Crippen molar-refractivity contribution in [3.8, 4) is 5.75 Å². The first kappa shape index (κ1) is 13.7. The zero-order valence-corrected chi connectivity index (χ0v) is 11.1. The van der Waals surface area contributed by atoms with Crippen LogP contribution in [0.15, 0.2) is 24.3 Å². The molecule has 0 saturated heterocycles. The van der Waals surface area contributed by atoms with Crippen molar-refractivity contribution < 1.29 is 19.4 Å². The second kappa shape index (κ2) is 5.09. The van der Waals surface area contributed by atoms with E-state index in [2.05, 4.69) is 5.32 Å². The Morgan fingerprint density at radius 2 is 2.16 bits per heavy atom. The number of hydrogen-bond donors (Lipinski definition) is 2. The van der Waals surface area contributed by atoms with Crippen LogP contribution in [0.25, 0.3) is 0 Å². The molecule has 0 spiro atoms. The number of nitrogens with one attached hydrogen (secondary N) is 1. The summed E-state index contributed by atoms with van der Waals surface area (Å²) >= 11 is 5.81. The van der Waals surface area contributed by atoms with E-state index in [1.54, 1.807) is 31.2 Å². The minimum Gasteiger partial charge on any atom is -0.481 e. The average molecular weight is 284 g/mol. The van der Waals surface area contributed by atoms with E-state index in [9.17, 15) is 9.59 Å². The summed E-state index contributed by atoms with van der Waals surface area (Å²) in [6.45, 7) is 1.56. The van der Waals surface area contributed by atoms with Crippen LogP contribution in [0.4, 0.5) is 0 Å². The highest BCUT2D eigenvalue weighted by atomic mass is 35.5. The largest absolute Gasteiger partial charge is 0.481 e. The summed E-state index contributed by atoms with van der Waals surface area (Å²) in [4.78, 5) is 22.8. The second-order valence-corrected chi connectivity index (χ2v) is 5.03. The van der Waals surface area contributed by atoms with Crippen molar-refractivity contribution in [2.24, 2.45) is 0 Å². The lowest BCUT2D eigenvalue weighted by Crippen LogP contribution is -2.48. The van der Waals surface area contributed by atoms with Crippen molar-refractivity contribution >= 4 is 23.5 Å². The van der Waals surface area contributed by atoms with Crippen molar-refractivity contribution in [3.63, 3.8) is 0 Å². The first-order valence-electron chi connectivity index (χ1n) is 5.91. The van der Waals surface area contributed by atoms with Gasteiger partial charge >= 0.3 is 5.97 Å². The molecular weight excluding hydrogens is 270 g/mol. The van der Waals surface area contributed by atoms with Gasteiger partial charge in [0, 0.05) is 5.02 Å². The summed E-state index contributed by atoms with van der Waals surface area (Å²) in [5, 5.41) is 12.0. The summed E-state index contributed by atoms with van der Waals surface area (Å²) in [7, 11) is 0. The number of hydrogen-bond acceptors (Lipinski definition) is 3. The summed E-state index contributed by atoms with van der Waals surface area (Å²) in [6, 6.07) is 6.68. The van der Waals surface area contributed by atoms with Gasteiger partial charge in [-0.3, -0.25) is 4.79 Å². The quantitative estimate of drug-likeness (QED) is 0.864. The number of carboxylic acids is 1. The number of halogens is 1. The molecule has 0 aromatic heterocycles. The molecule has 102 valence electrons. The van der Waals surface area contributed by atoms with Crippen LogP contribution in [-0.4, -0.2) is 28.6 Å². The predicted molar refractivity (Wildman–Crippen MR) is 69.3 cm³/mol. The van der Waals surface area contributed by atoms with Crippen LogP contribution >= 0.6 is 11.6 Å². The minimum atomic E-state index is -1.09. The van der Waals surface area contributed by atoms with Crippen LogP contribution in [0.3, 0.4) is 0 Å². The fraction of sp³-hybridized carbons (Fsp3) is 0.385. The van der Waals surface area contributed by atoms with Crippen LogP contribution in [0.2, 0.25) is 5.02 Å². The number of carboxylic acid groups (broad SMARTS) is 1. The lowest BCUT2D eigenvalue weighted by atomic mass is 10.2. The average Bonchev–Trinajstić information content (AvgIpc) is 3.10. The van der Waals surface area contributed by atoms with Gasteiger partial charge in [0.25, 0.3) is 5.91 Å². The molecule has 6 heteroatoms. The number of ether oxygens (including phenoxy) is 1. The lowest BCUT2D eigenvalue weighted by Gasteiger charge is -2.18. The highest BCUT2D eigenvalue weighted by Crippen LogP contribution is 2.35. The van der Waals surface area contributed by atoms with Gasteiger partial charge in [-0.25, -0.2) is 4.79 Å². The van der Waals surface area contributed by atoms with E-state index in [-0.39, 0.29) is 0 Å². The van der Waals surface area contributed by atoms with Gasteiger partial charge in [-0.2, -0.15) is 0 Å². The molecule has 0 aliphatic heterocycles. The molecule has 1 saturated carbocycles. The Hall–Kier alpha value is -1.75. The van der Waals surface area contributed by atoms with Gasteiger partial charge in [-0.05, 0) is 38.0 Å². The molecule has 0 radical (unpaired) electrons. The standard InChI is InChI=1S/C13H14ClNO4/c1-8(19-10-4-2-3-9(14)7-10)11(16)15-13(5-6-13)12(17)18/h2-4,7-8H,5-6H2,1H3,(H,15,16)(H,17,18). The Kier molecular flexibility index (Phi) is 3.66. The number of benzene rings is 1. The smallest absolute Gasteiger partial charge is 0.329 e. The molecule has 1 aliphatic rings. The Bertz CT molecular complexity index is 513. The Morgan fingerprint density at radius 1 is 1.47 bits per heavy atom. The van der Waals surface area contributed by atoms with Crippen LogP contribution in [0.1, 0.15) is 19.8 Å².